The molecule has 138 valence electrons. The number of piperazine rings is 1. The quantitative estimate of drug-likeness (QED) is 0.827. The van der Waals surface area contributed by atoms with Crippen molar-refractivity contribution in [3.63, 3.8) is 0 Å². The fraction of sp³-hybridized carbons (Fsp3) is 0.400. The van der Waals surface area contributed by atoms with Crippen LogP contribution >= 0.6 is 0 Å². The summed E-state index contributed by atoms with van der Waals surface area (Å²) in [4.78, 5) is 7.93. The molecule has 1 saturated heterocycles. The van der Waals surface area contributed by atoms with Gasteiger partial charge in [0.05, 0.1) is 21.2 Å². The van der Waals surface area contributed by atoms with Gasteiger partial charge in [-0.2, -0.15) is 0 Å². The van der Waals surface area contributed by atoms with Crippen LogP contribution in [0.3, 0.4) is 0 Å². The second-order valence-electron chi connectivity index (χ2n) is 6.87. The second kappa shape index (κ2) is 7.02. The Labute approximate surface area is 155 Å². The van der Waals surface area contributed by atoms with Crippen LogP contribution in [-0.2, 0) is 9.84 Å². The van der Waals surface area contributed by atoms with Crippen molar-refractivity contribution in [1.29, 1.82) is 0 Å². The van der Waals surface area contributed by atoms with Crippen LogP contribution in [0.25, 0.3) is 0 Å². The van der Waals surface area contributed by atoms with Crippen LogP contribution in [0.15, 0.2) is 58.3 Å². The lowest BCUT2D eigenvalue weighted by molar-refractivity contribution is 0.140. The predicted octanol–water partition coefficient (Wildman–Crippen LogP) is 2.61. The number of nitrogens with zero attached hydrogens (tertiary/aromatic N) is 3. The number of benzene rings is 2. The van der Waals surface area contributed by atoms with Crippen LogP contribution in [0.1, 0.15) is 6.92 Å². The Balaban J connectivity index is 1.61. The largest absolute Gasteiger partial charge is 0.338 e. The van der Waals surface area contributed by atoms with Crippen molar-refractivity contribution in [2.45, 2.75) is 16.7 Å². The molecular weight excluding hydrogens is 346 g/mol. The summed E-state index contributed by atoms with van der Waals surface area (Å²) in [5.41, 5.74) is 1.58. The monoisotopic (exact) mass is 371 g/mol. The van der Waals surface area contributed by atoms with Gasteiger partial charge in [-0.1, -0.05) is 31.2 Å². The molecule has 0 N–H and O–H groups in total. The maximum atomic E-state index is 13.0. The number of para-hydroxylation sites is 2. The molecule has 0 unspecified atom stereocenters. The van der Waals surface area contributed by atoms with Gasteiger partial charge in [0.1, 0.15) is 0 Å². The molecule has 2 aliphatic heterocycles. The third kappa shape index (κ3) is 3.02. The SMILES string of the molecule is CCN1CCN(CCN2c3ccccc3S(=O)(=O)c3ccccc32)CC1. The smallest absolute Gasteiger partial charge is 0.210 e. The molecule has 0 saturated carbocycles. The number of sulfone groups is 1. The Morgan fingerprint density at radius 2 is 1.27 bits per heavy atom. The predicted molar refractivity (Wildman–Crippen MR) is 104 cm³/mol. The van der Waals surface area contributed by atoms with Gasteiger partial charge >= 0.3 is 0 Å². The number of fused-ring (bicyclic) bond motifs is 2. The molecule has 4 rings (SSSR count). The Hall–Kier alpha value is -1.89. The van der Waals surface area contributed by atoms with Crippen molar-refractivity contribution in [3.8, 4) is 0 Å². The van der Waals surface area contributed by atoms with E-state index in [0.29, 0.717) is 9.79 Å². The fourth-order valence-electron chi connectivity index (χ4n) is 3.87. The van der Waals surface area contributed by atoms with E-state index in [1.807, 2.05) is 24.3 Å². The van der Waals surface area contributed by atoms with Gasteiger partial charge in [0.15, 0.2) is 0 Å². The highest BCUT2D eigenvalue weighted by Crippen LogP contribution is 2.43. The van der Waals surface area contributed by atoms with E-state index in [9.17, 15) is 8.42 Å². The minimum absolute atomic E-state index is 0.412. The van der Waals surface area contributed by atoms with Gasteiger partial charge in [-0.3, -0.25) is 4.90 Å². The molecular formula is C20H25N3O2S. The normalized spacial score (nSPS) is 19.8. The maximum absolute atomic E-state index is 13.0. The van der Waals surface area contributed by atoms with Crippen LogP contribution in [0.5, 0.6) is 0 Å². The zero-order chi connectivity index (χ0) is 18.1. The van der Waals surface area contributed by atoms with Gasteiger partial charge < -0.3 is 9.80 Å². The first kappa shape index (κ1) is 17.5. The highest BCUT2D eigenvalue weighted by molar-refractivity contribution is 7.92. The minimum atomic E-state index is -3.45. The number of anilines is 2. The zero-order valence-corrected chi connectivity index (χ0v) is 16.0. The highest BCUT2D eigenvalue weighted by Gasteiger charge is 2.33. The Morgan fingerprint density at radius 1 is 0.769 bits per heavy atom. The van der Waals surface area contributed by atoms with E-state index in [4.69, 9.17) is 0 Å². The summed E-state index contributed by atoms with van der Waals surface area (Å²) in [6, 6.07) is 14.7. The number of hydrogen-bond acceptors (Lipinski definition) is 5. The van der Waals surface area contributed by atoms with Crippen molar-refractivity contribution in [1.82, 2.24) is 9.80 Å². The first-order valence-electron chi connectivity index (χ1n) is 9.26. The van der Waals surface area contributed by atoms with E-state index in [-0.39, 0.29) is 0 Å². The van der Waals surface area contributed by atoms with Crippen LogP contribution < -0.4 is 4.90 Å². The number of hydrogen-bond donors (Lipinski definition) is 0. The second-order valence-corrected chi connectivity index (χ2v) is 8.75. The van der Waals surface area contributed by atoms with E-state index in [0.717, 1.165) is 57.2 Å². The molecule has 0 spiro atoms. The molecule has 0 atom stereocenters. The van der Waals surface area contributed by atoms with E-state index in [1.54, 1.807) is 24.3 Å². The molecule has 6 heteroatoms. The maximum Gasteiger partial charge on any atom is 0.210 e. The molecule has 1 fully saturated rings. The van der Waals surface area contributed by atoms with Gasteiger partial charge in [0, 0.05) is 39.3 Å². The summed E-state index contributed by atoms with van der Waals surface area (Å²) in [5.74, 6) is 0. The minimum Gasteiger partial charge on any atom is -0.338 e. The molecule has 26 heavy (non-hydrogen) atoms. The van der Waals surface area contributed by atoms with Gasteiger partial charge in [-0.05, 0) is 30.8 Å². The van der Waals surface area contributed by atoms with E-state index >= 15 is 0 Å². The van der Waals surface area contributed by atoms with E-state index in [1.165, 1.54) is 0 Å². The number of rotatable bonds is 4. The zero-order valence-electron chi connectivity index (χ0n) is 15.1. The first-order valence-corrected chi connectivity index (χ1v) is 10.7. The van der Waals surface area contributed by atoms with Crippen LogP contribution in [-0.4, -0.2) is 64.0 Å². The van der Waals surface area contributed by atoms with Crippen molar-refractivity contribution < 1.29 is 8.42 Å². The molecule has 0 bridgehead atoms. The summed E-state index contributed by atoms with van der Waals surface area (Å²) >= 11 is 0. The van der Waals surface area contributed by atoms with E-state index < -0.39 is 9.84 Å². The molecule has 2 aromatic carbocycles. The lowest BCUT2D eigenvalue weighted by Gasteiger charge is -2.37. The summed E-state index contributed by atoms with van der Waals surface area (Å²) < 4.78 is 25.9. The van der Waals surface area contributed by atoms with E-state index in [2.05, 4.69) is 21.6 Å². The molecule has 2 heterocycles. The molecule has 0 aliphatic carbocycles. The van der Waals surface area contributed by atoms with Gasteiger partial charge in [-0.15, -0.1) is 0 Å². The van der Waals surface area contributed by atoms with Crippen molar-refractivity contribution in [2.24, 2.45) is 0 Å². The molecule has 0 radical (unpaired) electrons. The lowest BCUT2D eigenvalue weighted by atomic mass is 10.2. The molecule has 2 aliphatic rings. The third-order valence-electron chi connectivity index (χ3n) is 5.44. The average molecular weight is 372 g/mol. The summed E-state index contributed by atoms with van der Waals surface area (Å²) in [6.07, 6.45) is 0. The van der Waals surface area contributed by atoms with Crippen molar-refractivity contribution in [3.05, 3.63) is 48.5 Å². The first-order chi connectivity index (χ1) is 12.6. The molecule has 0 amide bonds. The third-order valence-corrected chi connectivity index (χ3v) is 7.29. The summed E-state index contributed by atoms with van der Waals surface area (Å²) in [5, 5.41) is 0. The Morgan fingerprint density at radius 3 is 1.81 bits per heavy atom. The van der Waals surface area contributed by atoms with Crippen molar-refractivity contribution in [2.75, 3.05) is 50.7 Å². The summed E-state index contributed by atoms with van der Waals surface area (Å²) in [7, 11) is -3.45. The number of likely N-dealkylation sites (N-methyl/N-ethyl adjacent to an activating group) is 1. The van der Waals surface area contributed by atoms with Gasteiger partial charge in [0.25, 0.3) is 0 Å². The fourth-order valence-corrected chi connectivity index (χ4v) is 5.53. The van der Waals surface area contributed by atoms with Crippen molar-refractivity contribution >= 4 is 21.2 Å². The lowest BCUT2D eigenvalue weighted by Crippen LogP contribution is -2.48. The highest BCUT2D eigenvalue weighted by atomic mass is 32.2. The van der Waals surface area contributed by atoms with Crippen LogP contribution in [0, 0.1) is 0 Å². The molecule has 0 aromatic heterocycles. The van der Waals surface area contributed by atoms with Crippen LogP contribution in [0.2, 0.25) is 0 Å². The topological polar surface area (TPSA) is 43.9 Å². The Bertz CT molecular complexity index is 836. The standard InChI is InChI=1S/C20H25N3O2S/c1-2-21-11-13-22(14-12-21)15-16-23-17-7-3-5-9-19(17)26(24,25)20-10-6-4-8-18(20)23/h3-10H,2,11-16H2,1H3. The Kier molecular flexibility index (Phi) is 4.73. The molecule has 5 nitrogen and oxygen atoms in total. The molecule has 2 aromatic rings. The van der Waals surface area contributed by atoms with Gasteiger partial charge in [0.2, 0.25) is 9.84 Å². The van der Waals surface area contributed by atoms with Gasteiger partial charge in [-0.25, -0.2) is 8.42 Å². The van der Waals surface area contributed by atoms with Crippen LogP contribution in [0.4, 0.5) is 11.4 Å². The average Bonchev–Trinajstić information content (AvgIpc) is 2.68. The summed E-state index contributed by atoms with van der Waals surface area (Å²) in [6.45, 7) is 9.40.